The van der Waals surface area contributed by atoms with Crippen molar-refractivity contribution in [3.63, 3.8) is 0 Å². The SMILES string of the molecule is Cn1cc(-c2ccc(-c3ncccc3N3CCN(c4ccncc4)CC3)cc2)cn1. The summed E-state index contributed by atoms with van der Waals surface area (Å²) in [5.74, 6) is 0. The second-order valence-electron chi connectivity index (χ2n) is 7.53. The Labute approximate surface area is 176 Å². The number of rotatable bonds is 4. The highest BCUT2D eigenvalue weighted by Gasteiger charge is 2.20. The van der Waals surface area contributed by atoms with Crippen molar-refractivity contribution < 1.29 is 0 Å². The van der Waals surface area contributed by atoms with E-state index in [1.54, 1.807) is 0 Å². The van der Waals surface area contributed by atoms with E-state index < -0.39 is 0 Å². The van der Waals surface area contributed by atoms with E-state index in [1.807, 2.05) is 48.8 Å². The van der Waals surface area contributed by atoms with E-state index in [0.717, 1.165) is 48.6 Å². The van der Waals surface area contributed by atoms with Crippen LogP contribution < -0.4 is 9.80 Å². The topological polar surface area (TPSA) is 50.1 Å². The number of hydrogen-bond acceptors (Lipinski definition) is 5. The van der Waals surface area contributed by atoms with Crippen LogP contribution in [-0.4, -0.2) is 45.9 Å². The number of aryl methyl sites for hydroxylation is 1. The minimum atomic E-state index is 0.967. The molecule has 4 heterocycles. The van der Waals surface area contributed by atoms with E-state index in [1.165, 1.54) is 11.4 Å². The summed E-state index contributed by atoms with van der Waals surface area (Å²) in [5, 5.41) is 4.27. The third-order valence-corrected chi connectivity index (χ3v) is 5.63. The first kappa shape index (κ1) is 18.4. The van der Waals surface area contributed by atoms with Crippen molar-refractivity contribution in [3.05, 3.63) is 79.5 Å². The zero-order chi connectivity index (χ0) is 20.3. The van der Waals surface area contributed by atoms with Crippen LogP contribution >= 0.6 is 0 Å². The fraction of sp³-hybridized carbons (Fsp3) is 0.208. The molecule has 6 nitrogen and oxygen atoms in total. The van der Waals surface area contributed by atoms with E-state index in [2.05, 4.69) is 62.3 Å². The van der Waals surface area contributed by atoms with Gasteiger partial charge in [-0.3, -0.25) is 14.6 Å². The van der Waals surface area contributed by atoms with Gasteiger partial charge in [-0.25, -0.2) is 0 Å². The Morgan fingerprint density at radius 2 is 1.43 bits per heavy atom. The number of aromatic nitrogens is 4. The van der Waals surface area contributed by atoms with Gasteiger partial charge in [-0.2, -0.15) is 5.10 Å². The first-order chi connectivity index (χ1) is 14.8. The molecule has 5 rings (SSSR count). The van der Waals surface area contributed by atoms with Gasteiger partial charge in [0.1, 0.15) is 0 Å². The van der Waals surface area contributed by atoms with Gasteiger partial charge in [0.15, 0.2) is 0 Å². The molecule has 1 aliphatic heterocycles. The molecular formula is C24H24N6. The zero-order valence-electron chi connectivity index (χ0n) is 17.0. The lowest BCUT2D eigenvalue weighted by Crippen LogP contribution is -2.46. The third kappa shape index (κ3) is 3.64. The average Bonchev–Trinajstić information content (AvgIpc) is 3.26. The Bertz CT molecular complexity index is 1110. The van der Waals surface area contributed by atoms with Gasteiger partial charge in [0, 0.05) is 74.8 Å². The molecule has 1 aromatic carbocycles. The van der Waals surface area contributed by atoms with Gasteiger partial charge in [0.05, 0.1) is 17.6 Å². The highest BCUT2D eigenvalue weighted by molar-refractivity contribution is 5.77. The van der Waals surface area contributed by atoms with E-state index in [4.69, 9.17) is 4.98 Å². The maximum atomic E-state index is 4.73. The fourth-order valence-corrected chi connectivity index (χ4v) is 4.03. The van der Waals surface area contributed by atoms with E-state index in [0.29, 0.717) is 0 Å². The van der Waals surface area contributed by atoms with Crippen LogP contribution in [0.3, 0.4) is 0 Å². The molecule has 0 saturated carbocycles. The zero-order valence-corrected chi connectivity index (χ0v) is 17.0. The molecule has 0 atom stereocenters. The van der Waals surface area contributed by atoms with Gasteiger partial charge in [-0.05, 0) is 29.8 Å². The second kappa shape index (κ2) is 7.99. The van der Waals surface area contributed by atoms with Crippen molar-refractivity contribution in [3.8, 4) is 22.4 Å². The minimum absolute atomic E-state index is 0.967. The maximum Gasteiger partial charge on any atom is 0.0935 e. The van der Waals surface area contributed by atoms with Crippen molar-refractivity contribution >= 4 is 11.4 Å². The average molecular weight is 396 g/mol. The Morgan fingerprint density at radius 1 is 0.733 bits per heavy atom. The highest BCUT2D eigenvalue weighted by atomic mass is 15.3. The number of pyridine rings is 2. The number of piperazine rings is 1. The summed E-state index contributed by atoms with van der Waals surface area (Å²) < 4.78 is 1.83. The second-order valence-corrected chi connectivity index (χ2v) is 7.53. The minimum Gasteiger partial charge on any atom is -0.368 e. The van der Waals surface area contributed by atoms with Gasteiger partial charge in [0.2, 0.25) is 0 Å². The molecule has 1 fully saturated rings. The summed E-state index contributed by atoms with van der Waals surface area (Å²) in [6.45, 7) is 3.90. The van der Waals surface area contributed by atoms with Gasteiger partial charge in [-0.1, -0.05) is 24.3 Å². The first-order valence-electron chi connectivity index (χ1n) is 10.2. The van der Waals surface area contributed by atoms with E-state index >= 15 is 0 Å². The molecule has 3 aromatic heterocycles. The van der Waals surface area contributed by atoms with Crippen molar-refractivity contribution in [1.82, 2.24) is 19.7 Å². The van der Waals surface area contributed by atoms with Crippen LogP contribution in [-0.2, 0) is 7.05 Å². The fourth-order valence-electron chi connectivity index (χ4n) is 4.03. The van der Waals surface area contributed by atoms with Crippen molar-refractivity contribution in [1.29, 1.82) is 0 Å². The molecule has 150 valence electrons. The molecule has 4 aromatic rings. The third-order valence-electron chi connectivity index (χ3n) is 5.63. The Morgan fingerprint density at radius 3 is 2.13 bits per heavy atom. The lowest BCUT2D eigenvalue weighted by Gasteiger charge is -2.37. The van der Waals surface area contributed by atoms with Crippen LogP contribution in [0.1, 0.15) is 0 Å². The smallest absolute Gasteiger partial charge is 0.0935 e. The molecule has 1 saturated heterocycles. The van der Waals surface area contributed by atoms with Crippen molar-refractivity contribution in [2.24, 2.45) is 7.05 Å². The Kier molecular flexibility index (Phi) is 4.89. The predicted octanol–water partition coefficient (Wildman–Crippen LogP) is 3.87. The molecule has 0 aliphatic carbocycles. The molecule has 1 aliphatic rings. The molecule has 0 N–H and O–H groups in total. The molecule has 0 amide bonds. The summed E-state index contributed by atoms with van der Waals surface area (Å²) in [6, 6.07) is 17.0. The largest absolute Gasteiger partial charge is 0.368 e. The van der Waals surface area contributed by atoms with Crippen LogP contribution in [0.5, 0.6) is 0 Å². The maximum absolute atomic E-state index is 4.73. The van der Waals surface area contributed by atoms with Crippen LogP contribution in [0.15, 0.2) is 79.5 Å². The number of anilines is 2. The molecule has 0 radical (unpaired) electrons. The highest BCUT2D eigenvalue weighted by Crippen LogP contribution is 2.31. The van der Waals surface area contributed by atoms with Crippen LogP contribution in [0, 0.1) is 0 Å². The molecule has 6 heteroatoms. The summed E-state index contributed by atoms with van der Waals surface area (Å²) in [6.07, 6.45) is 9.51. The Hall–Kier alpha value is -3.67. The van der Waals surface area contributed by atoms with Crippen LogP contribution in [0.4, 0.5) is 11.4 Å². The quantitative estimate of drug-likeness (QED) is 0.524. The van der Waals surface area contributed by atoms with Gasteiger partial charge < -0.3 is 9.80 Å². The molecule has 0 spiro atoms. The normalized spacial score (nSPS) is 14.2. The molecule has 0 unspecified atom stereocenters. The van der Waals surface area contributed by atoms with Gasteiger partial charge in [-0.15, -0.1) is 0 Å². The molecule has 0 bridgehead atoms. The lowest BCUT2D eigenvalue weighted by molar-refractivity contribution is 0.653. The van der Waals surface area contributed by atoms with Gasteiger partial charge >= 0.3 is 0 Å². The van der Waals surface area contributed by atoms with E-state index in [9.17, 15) is 0 Å². The predicted molar refractivity (Wildman–Crippen MR) is 121 cm³/mol. The number of hydrogen-bond donors (Lipinski definition) is 0. The summed E-state index contributed by atoms with van der Waals surface area (Å²) in [5.41, 5.74) is 6.89. The van der Waals surface area contributed by atoms with E-state index in [-0.39, 0.29) is 0 Å². The standard InChI is InChI=1S/C24H24N6/c1-28-18-21(17-27-28)19-4-6-20(7-5-19)24-23(3-2-10-26-24)30-15-13-29(14-16-30)22-8-11-25-12-9-22/h2-12,17-18H,13-16H2,1H3. The lowest BCUT2D eigenvalue weighted by atomic mass is 10.0. The summed E-state index contributed by atoms with van der Waals surface area (Å²) >= 11 is 0. The van der Waals surface area contributed by atoms with Crippen molar-refractivity contribution in [2.45, 2.75) is 0 Å². The molecule has 30 heavy (non-hydrogen) atoms. The summed E-state index contributed by atoms with van der Waals surface area (Å²) in [7, 11) is 1.94. The number of nitrogens with zero attached hydrogens (tertiary/aromatic N) is 6. The van der Waals surface area contributed by atoms with Crippen LogP contribution in [0.2, 0.25) is 0 Å². The Balaban J connectivity index is 1.36. The van der Waals surface area contributed by atoms with Crippen molar-refractivity contribution in [2.75, 3.05) is 36.0 Å². The summed E-state index contributed by atoms with van der Waals surface area (Å²) in [4.78, 5) is 13.7. The monoisotopic (exact) mass is 396 g/mol. The molecular weight excluding hydrogens is 372 g/mol. The number of benzene rings is 1. The van der Waals surface area contributed by atoms with Crippen LogP contribution in [0.25, 0.3) is 22.4 Å². The van der Waals surface area contributed by atoms with Gasteiger partial charge in [0.25, 0.3) is 0 Å². The first-order valence-corrected chi connectivity index (χ1v) is 10.2.